The van der Waals surface area contributed by atoms with E-state index in [9.17, 15) is 0 Å². The van der Waals surface area contributed by atoms with E-state index in [1.165, 1.54) is 0 Å². The van der Waals surface area contributed by atoms with Gasteiger partial charge in [-0.05, 0) is 36.8 Å². The second-order valence-corrected chi connectivity index (χ2v) is 4.75. The lowest BCUT2D eigenvalue weighted by molar-refractivity contribution is 0.959. The first-order valence-electron chi connectivity index (χ1n) is 5.54. The normalized spacial score (nSPS) is 11.1. The minimum Gasteiger partial charge on any atom is -0.184 e. The molecule has 2 rings (SSSR count). The van der Waals surface area contributed by atoms with Crippen molar-refractivity contribution in [3.05, 3.63) is 63.6 Å². The molecule has 0 aliphatic heterocycles. The summed E-state index contributed by atoms with van der Waals surface area (Å²) in [6, 6.07) is 13.3. The van der Waals surface area contributed by atoms with Gasteiger partial charge in [0.05, 0.1) is 12.2 Å². The van der Waals surface area contributed by atoms with Gasteiger partial charge in [0.1, 0.15) is 0 Å². The van der Waals surface area contributed by atoms with Crippen LogP contribution in [0, 0.1) is 6.92 Å². The molecule has 0 radical (unpaired) electrons. The zero-order chi connectivity index (χ0) is 13.0. The minimum absolute atomic E-state index is 0.381. The first-order chi connectivity index (χ1) is 8.66. The van der Waals surface area contributed by atoms with Crippen molar-refractivity contribution < 1.29 is 0 Å². The molecule has 92 valence electrons. The Balaban J connectivity index is 2.12. The fourth-order valence-electron chi connectivity index (χ4n) is 1.56. The molecule has 0 heterocycles. The quantitative estimate of drug-likeness (QED) is 0.655. The van der Waals surface area contributed by atoms with Crippen LogP contribution in [0.5, 0.6) is 0 Å². The van der Waals surface area contributed by atoms with Crippen molar-refractivity contribution in [3.8, 4) is 0 Å². The van der Waals surface area contributed by atoms with Crippen LogP contribution in [0.2, 0.25) is 10.0 Å². The van der Waals surface area contributed by atoms with Gasteiger partial charge in [0.25, 0.3) is 0 Å². The van der Waals surface area contributed by atoms with Crippen LogP contribution in [-0.2, 0) is 6.54 Å². The summed E-state index contributed by atoms with van der Waals surface area (Å²) in [6.07, 6.45) is 0. The van der Waals surface area contributed by atoms with E-state index in [0.717, 1.165) is 16.8 Å². The van der Waals surface area contributed by atoms with Gasteiger partial charge in [-0.3, -0.25) is 0 Å². The largest absolute Gasteiger partial charge is 0.184 e. The Morgan fingerprint density at radius 2 is 1.67 bits per heavy atom. The number of halogens is 2. The molecule has 0 atom stereocenters. The minimum atomic E-state index is 0.381. The molecule has 0 amide bonds. The van der Waals surface area contributed by atoms with E-state index in [0.29, 0.717) is 16.6 Å². The lowest BCUT2D eigenvalue weighted by atomic mass is 10.2. The number of rotatable bonds is 3. The molecule has 0 fully saturated rings. The molecular formula is C14H12Cl2N2. The van der Waals surface area contributed by atoms with Gasteiger partial charge in [-0.25, -0.2) is 0 Å². The topological polar surface area (TPSA) is 24.7 Å². The summed E-state index contributed by atoms with van der Waals surface area (Å²) in [4.78, 5) is 0. The maximum atomic E-state index is 6.05. The average molecular weight is 279 g/mol. The molecule has 18 heavy (non-hydrogen) atoms. The molecule has 0 bridgehead atoms. The van der Waals surface area contributed by atoms with Crippen LogP contribution in [0.15, 0.2) is 52.7 Å². The fraction of sp³-hybridized carbons (Fsp3) is 0.143. The number of azo groups is 1. The van der Waals surface area contributed by atoms with Gasteiger partial charge in [0.15, 0.2) is 0 Å². The van der Waals surface area contributed by atoms with Crippen LogP contribution in [0.25, 0.3) is 0 Å². The maximum Gasteiger partial charge on any atom is 0.0882 e. The van der Waals surface area contributed by atoms with Crippen LogP contribution >= 0.6 is 23.2 Å². The molecule has 0 aliphatic carbocycles. The Hall–Kier alpha value is -1.38. The third-order valence-electron chi connectivity index (χ3n) is 2.48. The fourth-order valence-corrected chi connectivity index (χ4v) is 2.08. The zero-order valence-electron chi connectivity index (χ0n) is 9.90. The van der Waals surface area contributed by atoms with E-state index in [1.807, 2.05) is 37.3 Å². The monoisotopic (exact) mass is 278 g/mol. The van der Waals surface area contributed by atoms with Gasteiger partial charge in [-0.2, -0.15) is 10.2 Å². The van der Waals surface area contributed by atoms with Crippen LogP contribution in [0.3, 0.4) is 0 Å². The molecule has 0 unspecified atom stereocenters. The van der Waals surface area contributed by atoms with Gasteiger partial charge in [-0.1, -0.05) is 41.4 Å². The third kappa shape index (κ3) is 3.31. The highest BCUT2D eigenvalue weighted by atomic mass is 35.5. The average Bonchev–Trinajstić information content (AvgIpc) is 2.33. The van der Waals surface area contributed by atoms with Crippen LogP contribution in [-0.4, -0.2) is 0 Å². The van der Waals surface area contributed by atoms with E-state index >= 15 is 0 Å². The molecule has 0 saturated carbocycles. The molecule has 2 nitrogen and oxygen atoms in total. The van der Waals surface area contributed by atoms with E-state index in [1.54, 1.807) is 12.1 Å². The molecule has 4 heteroatoms. The summed E-state index contributed by atoms with van der Waals surface area (Å²) in [5, 5.41) is 9.52. The zero-order valence-corrected chi connectivity index (χ0v) is 11.4. The molecular weight excluding hydrogens is 267 g/mol. The van der Waals surface area contributed by atoms with Crippen molar-refractivity contribution in [1.29, 1.82) is 0 Å². The Kier molecular flexibility index (Phi) is 4.34. The predicted molar refractivity (Wildman–Crippen MR) is 75.9 cm³/mol. The highest BCUT2D eigenvalue weighted by Gasteiger charge is 2.03. The molecule has 0 saturated heterocycles. The molecule has 2 aromatic rings. The number of nitrogens with zero attached hydrogens (tertiary/aromatic N) is 2. The SMILES string of the molecule is Cc1cccc(N=NCc2c(Cl)cccc2Cl)c1. The summed E-state index contributed by atoms with van der Waals surface area (Å²) in [5.74, 6) is 0. The predicted octanol–water partition coefficient (Wildman–Crippen LogP) is 5.59. The van der Waals surface area contributed by atoms with Crippen molar-refractivity contribution in [2.24, 2.45) is 10.2 Å². The van der Waals surface area contributed by atoms with Crippen LogP contribution in [0.1, 0.15) is 11.1 Å². The van der Waals surface area contributed by atoms with Gasteiger partial charge < -0.3 is 0 Å². The van der Waals surface area contributed by atoms with Crippen molar-refractivity contribution in [2.45, 2.75) is 13.5 Å². The summed E-state index contributed by atoms with van der Waals surface area (Å²) in [5.41, 5.74) is 2.79. The smallest absolute Gasteiger partial charge is 0.0882 e. The molecule has 0 spiro atoms. The van der Waals surface area contributed by atoms with Crippen molar-refractivity contribution in [2.75, 3.05) is 0 Å². The number of hydrogen-bond acceptors (Lipinski definition) is 2. The van der Waals surface area contributed by atoms with Crippen molar-refractivity contribution >= 4 is 28.9 Å². The molecule has 2 aromatic carbocycles. The first-order valence-corrected chi connectivity index (χ1v) is 6.29. The second kappa shape index (κ2) is 5.98. The van der Waals surface area contributed by atoms with Gasteiger partial charge in [0.2, 0.25) is 0 Å². The van der Waals surface area contributed by atoms with E-state index < -0.39 is 0 Å². The lowest BCUT2D eigenvalue weighted by Crippen LogP contribution is -1.84. The summed E-state index contributed by atoms with van der Waals surface area (Å²) in [6.45, 7) is 2.40. The Morgan fingerprint density at radius 3 is 2.33 bits per heavy atom. The van der Waals surface area contributed by atoms with E-state index in [-0.39, 0.29) is 0 Å². The van der Waals surface area contributed by atoms with Crippen LogP contribution < -0.4 is 0 Å². The summed E-state index contributed by atoms with van der Waals surface area (Å²) in [7, 11) is 0. The van der Waals surface area contributed by atoms with Crippen molar-refractivity contribution in [3.63, 3.8) is 0 Å². The number of aryl methyl sites for hydroxylation is 1. The number of hydrogen-bond donors (Lipinski definition) is 0. The summed E-state index contributed by atoms with van der Waals surface area (Å²) >= 11 is 12.1. The van der Waals surface area contributed by atoms with Crippen LogP contribution in [0.4, 0.5) is 5.69 Å². The first kappa shape index (κ1) is 13.1. The van der Waals surface area contributed by atoms with Gasteiger partial charge >= 0.3 is 0 Å². The Bertz CT molecular complexity index is 560. The van der Waals surface area contributed by atoms with Crippen molar-refractivity contribution in [1.82, 2.24) is 0 Å². The second-order valence-electron chi connectivity index (χ2n) is 3.94. The highest BCUT2D eigenvalue weighted by molar-refractivity contribution is 6.35. The molecule has 0 aromatic heterocycles. The Morgan fingerprint density at radius 1 is 1.00 bits per heavy atom. The van der Waals surface area contributed by atoms with E-state index in [2.05, 4.69) is 10.2 Å². The van der Waals surface area contributed by atoms with Gasteiger partial charge in [-0.15, -0.1) is 0 Å². The Labute approximate surface area is 116 Å². The number of benzene rings is 2. The lowest BCUT2D eigenvalue weighted by Gasteiger charge is -2.02. The molecule has 0 aliphatic rings. The molecule has 0 N–H and O–H groups in total. The third-order valence-corrected chi connectivity index (χ3v) is 3.19. The summed E-state index contributed by atoms with van der Waals surface area (Å²) < 4.78 is 0. The maximum absolute atomic E-state index is 6.05. The van der Waals surface area contributed by atoms with Gasteiger partial charge in [0, 0.05) is 15.6 Å². The van der Waals surface area contributed by atoms with E-state index in [4.69, 9.17) is 23.2 Å². The highest BCUT2D eigenvalue weighted by Crippen LogP contribution is 2.25. The standard InChI is InChI=1S/C14H12Cl2N2/c1-10-4-2-5-11(8-10)18-17-9-12-13(15)6-3-7-14(12)16/h2-8H,9H2,1H3.